The molecule has 2 rings (SSSR count). The molecule has 1 unspecified atom stereocenters. The number of hydrogen-bond donors (Lipinski definition) is 0. The Hall–Kier alpha value is -2.43. The summed E-state index contributed by atoms with van der Waals surface area (Å²) in [4.78, 5) is 26.1. The van der Waals surface area contributed by atoms with Gasteiger partial charge in [0.25, 0.3) is 5.91 Å². The molecule has 0 aromatic heterocycles. The Kier molecular flexibility index (Phi) is 6.73. The van der Waals surface area contributed by atoms with E-state index < -0.39 is 17.3 Å². The molecular weight excluding hydrogens is 344 g/mol. The first kappa shape index (κ1) is 17.9. The van der Waals surface area contributed by atoms with Crippen molar-refractivity contribution in [1.29, 1.82) is 5.26 Å². The summed E-state index contributed by atoms with van der Waals surface area (Å²) in [6.07, 6.45) is -0.817. The molecule has 5 nitrogen and oxygen atoms in total. The minimum atomic E-state index is -1.05. The van der Waals surface area contributed by atoms with Crippen LogP contribution in [0.15, 0.2) is 70.5 Å². The molecule has 24 heavy (non-hydrogen) atoms. The van der Waals surface area contributed by atoms with Gasteiger partial charge in [0.2, 0.25) is 0 Å². The van der Waals surface area contributed by atoms with Gasteiger partial charge in [-0.05, 0) is 24.3 Å². The maximum absolute atomic E-state index is 12.6. The Bertz CT molecular complexity index is 733. The third-order valence-electron chi connectivity index (χ3n) is 2.82. The van der Waals surface area contributed by atoms with Crippen LogP contribution in [-0.4, -0.2) is 28.7 Å². The fourth-order valence-corrected chi connectivity index (χ4v) is 3.46. The third-order valence-corrected chi connectivity index (χ3v) is 4.90. The molecular formula is C17H14N2O3S2. The van der Waals surface area contributed by atoms with E-state index >= 15 is 0 Å². The van der Waals surface area contributed by atoms with Crippen LogP contribution in [0.3, 0.4) is 0 Å². The Labute approximate surface area is 148 Å². The highest BCUT2D eigenvalue weighted by Gasteiger charge is 2.31. The van der Waals surface area contributed by atoms with E-state index in [0.717, 1.165) is 32.9 Å². The van der Waals surface area contributed by atoms with Crippen LogP contribution in [0.25, 0.3) is 0 Å². The van der Waals surface area contributed by atoms with E-state index in [2.05, 4.69) is 4.74 Å². The van der Waals surface area contributed by atoms with Crippen LogP contribution in [0.4, 0.5) is 4.79 Å². The summed E-state index contributed by atoms with van der Waals surface area (Å²) in [6.45, 7) is 0. The van der Waals surface area contributed by atoms with Gasteiger partial charge < -0.3 is 4.74 Å². The summed E-state index contributed by atoms with van der Waals surface area (Å²) in [7, 11) is 1.19. The second-order valence-electron chi connectivity index (χ2n) is 4.45. The predicted octanol–water partition coefficient (Wildman–Crippen LogP) is 3.97. The number of thioether (sulfide) groups is 1. The van der Waals surface area contributed by atoms with Gasteiger partial charge in [-0.1, -0.05) is 48.2 Å². The number of methoxy groups -OCH3 is 1. The van der Waals surface area contributed by atoms with E-state index in [9.17, 15) is 14.9 Å². The predicted molar refractivity (Wildman–Crippen MR) is 93.3 cm³/mol. The number of nitrogens with zero attached hydrogens (tertiary/aromatic N) is 2. The monoisotopic (exact) mass is 358 g/mol. The Balaban J connectivity index is 2.19. The van der Waals surface area contributed by atoms with Gasteiger partial charge in [0.05, 0.1) is 13.2 Å². The quantitative estimate of drug-likeness (QED) is 0.595. The van der Waals surface area contributed by atoms with Crippen LogP contribution in [0.2, 0.25) is 0 Å². The molecule has 0 fully saturated rings. The molecule has 122 valence electrons. The van der Waals surface area contributed by atoms with Crippen molar-refractivity contribution in [2.45, 2.75) is 15.0 Å². The summed E-state index contributed by atoms with van der Waals surface area (Å²) < 4.78 is 5.55. The molecule has 0 heterocycles. The highest BCUT2D eigenvalue weighted by Crippen LogP contribution is 2.29. The molecule has 7 heteroatoms. The van der Waals surface area contributed by atoms with Gasteiger partial charge in [-0.2, -0.15) is 9.57 Å². The SMILES string of the molecule is COC(=O)N(Sc1ccccc1)C(=O)C(C#N)Sc1ccccc1. The lowest BCUT2D eigenvalue weighted by Crippen LogP contribution is -2.36. The number of amides is 2. The fourth-order valence-electron chi connectivity index (χ4n) is 1.72. The molecule has 2 aromatic carbocycles. The van der Waals surface area contributed by atoms with E-state index in [1.54, 1.807) is 36.4 Å². The molecule has 1 atom stereocenters. The number of nitriles is 1. The molecule has 0 aliphatic carbocycles. The van der Waals surface area contributed by atoms with Crippen molar-refractivity contribution < 1.29 is 14.3 Å². The molecule has 0 bridgehead atoms. The van der Waals surface area contributed by atoms with Crippen LogP contribution in [0, 0.1) is 11.3 Å². The number of rotatable bonds is 5. The first-order valence-electron chi connectivity index (χ1n) is 6.92. The van der Waals surface area contributed by atoms with Gasteiger partial charge in [0, 0.05) is 21.7 Å². The number of imide groups is 1. The first-order valence-corrected chi connectivity index (χ1v) is 8.57. The molecule has 0 spiro atoms. The Morgan fingerprint density at radius 1 is 1.04 bits per heavy atom. The third kappa shape index (κ3) is 4.78. The molecule has 0 radical (unpaired) electrons. The van der Waals surface area contributed by atoms with Crippen molar-refractivity contribution in [3.63, 3.8) is 0 Å². The number of carbonyl (C=O) groups excluding carboxylic acids is 2. The molecule has 2 amide bonds. The second kappa shape index (κ2) is 9.01. The molecule has 0 N–H and O–H groups in total. The van der Waals surface area contributed by atoms with Crippen LogP contribution < -0.4 is 0 Å². The molecule has 0 saturated carbocycles. The van der Waals surface area contributed by atoms with Crippen LogP contribution in [-0.2, 0) is 9.53 Å². The summed E-state index contributed by atoms with van der Waals surface area (Å²) in [5, 5.41) is 8.29. The standard InChI is InChI=1S/C17H14N2O3S2/c1-22-17(21)19(24-14-10-6-3-7-11-14)16(20)15(12-18)23-13-8-4-2-5-9-13/h2-11,15H,1H3. The Morgan fingerprint density at radius 3 is 2.08 bits per heavy atom. The summed E-state index contributed by atoms with van der Waals surface area (Å²) in [6, 6.07) is 20.0. The largest absolute Gasteiger partial charge is 0.452 e. The van der Waals surface area contributed by atoms with E-state index in [-0.39, 0.29) is 0 Å². The minimum Gasteiger partial charge on any atom is -0.452 e. The molecule has 2 aromatic rings. The zero-order valence-corrected chi connectivity index (χ0v) is 14.4. The van der Waals surface area contributed by atoms with Gasteiger partial charge in [-0.15, -0.1) is 0 Å². The zero-order valence-electron chi connectivity index (χ0n) is 12.8. The average molecular weight is 358 g/mol. The van der Waals surface area contributed by atoms with Gasteiger partial charge in [0.1, 0.15) is 0 Å². The highest BCUT2D eigenvalue weighted by atomic mass is 32.2. The maximum atomic E-state index is 12.6. The van der Waals surface area contributed by atoms with E-state index in [1.165, 1.54) is 7.11 Å². The molecule has 0 saturated heterocycles. The van der Waals surface area contributed by atoms with Gasteiger partial charge >= 0.3 is 6.09 Å². The normalized spacial score (nSPS) is 11.2. The lowest BCUT2D eigenvalue weighted by molar-refractivity contribution is -0.123. The van der Waals surface area contributed by atoms with Crippen LogP contribution in [0.5, 0.6) is 0 Å². The zero-order chi connectivity index (χ0) is 17.4. The lowest BCUT2D eigenvalue weighted by atomic mass is 10.4. The fraction of sp³-hybridized carbons (Fsp3) is 0.118. The second-order valence-corrected chi connectivity index (χ2v) is 6.64. The minimum absolute atomic E-state index is 0.632. The topological polar surface area (TPSA) is 70.4 Å². The van der Waals surface area contributed by atoms with Crippen molar-refractivity contribution in [2.75, 3.05) is 7.11 Å². The highest BCUT2D eigenvalue weighted by molar-refractivity contribution is 8.01. The lowest BCUT2D eigenvalue weighted by Gasteiger charge is -2.20. The smallest absolute Gasteiger partial charge is 0.427 e. The first-order chi connectivity index (χ1) is 11.7. The van der Waals surface area contributed by atoms with Crippen molar-refractivity contribution in [3.05, 3.63) is 60.7 Å². The van der Waals surface area contributed by atoms with Gasteiger partial charge in [-0.3, -0.25) is 4.79 Å². The van der Waals surface area contributed by atoms with Crippen molar-refractivity contribution in [3.8, 4) is 6.07 Å². The number of ether oxygens (including phenoxy) is 1. The van der Waals surface area contributed by atoms with E-state index in [1.807, 2.05) is 30.3 Å². The van der Waals surface area contributed by atoms with Gasteiger partial charge in [-0.25, -0.2) is 4.79 Å². The summed E-state index contributed by atoms with van der Waals surface area (Å²) in [5.74, 6) is -0.632. The maximum Gasteiger partial charge on any atom is 0.427 e. The Morgan fingerprint density at radius 2 is 1.58 bits per heavy atom. The van der Waals surface area contributed by atoms with E-state index in [0.29, 0.717) is 4.90 Å². The van der Waals surface area contributed by atoms with Crippen molar-refractivity contribution >= 4 is 35.7 Å². The number of carbonyl (C=O) groups is 2. The van der Waals surface area contributed by atoms with E-state index in [4.69, 9.17) is 0 Å². The van der Waals surface area contributed by atoms with Crippen molar-refractivity contribution in [1.82, 2.24) is 4.31 Å². The molecule has 0 aliphatic rings. The van der Waals surface area contributed by atoms with Gasteiger partial charge in [0.15, 0.2) is 5.25 Å². The number of hydrogen-bond acceptors (Lipinski definition) is 6. The summed E-state index contributed by atoms with van der Waals surface area (Å²) >= 11 is 2.02. The van der Waals surface area contributed by atoms with Crippen molar-refractivity contribution in [2.24, 2.45) is 0 Å². The number of benzene rings is 2. The summed E-state index contributed by atoms with van der Waals surface area (Å²) in [5.41, 5.74) is 0. The van der Waals surface area contributed by atoms with Crippen LogP contribution >= 0.6 is 23.7 Å². The van der Waals surface area contributed by atoms with Crippen LogP contribution in [0.1, 0.15) is 0 Å². The average Bonchev–Trinajstić information content (AvgIpc) is 2.64. The molecule has 0 aliphatic heterocycles.